The Morgan fingerprint density at radius 2 is 1.35 bits per heavy atom. The molecule has 0 fully saturated rings. The van der Waals surface area contributed by atoms with E-state index >= 15 is 0 Å². The first kappa shape index (κ1) is 22.9. The van der Waals surface area contributed by atoms with E-state index in [0.717, 1.165) is 0 Å². The number of benzene rings is 3. The van der Waals surface area contributed by atoms with E-state index in [1.165, 1.54) is 23.1 Å². The van der Waals surface area contributed by atoms with Crippen molar-refractivity contribution in [2.75, 3.05) is 10.2 Å². The fourth-order valence-electron chi connectivity index (χ4n) is 3.38. The highest BCUT2D eigenvalue weighted by atomic mass is 79.9. The van der Waals surface area contributed by atoms with Gasteiger partial charge in [-0.15, -0.1) is 0 Å². The largest absolute Gasteiger partial charge is 0.503 e. The topological polar surface area (TPSA) is 86.7 Å². The van der Waals surface area contributed by atoms with Crippen molar-refractivity contribution in [3.63, 3.8) is 0 Å². The Hall–Kier alpha value is -4.23. The first-order valence-corrected chi connectivity index (χ1v) is 11.1. The summed E-state index contributed by atoms with van der Waals surface area (Å²) in [6, 6.07) is 28.4. The molecule has 7 heteroatoms. The van der Waals surface area contributed by atoms with Crippen molar-refractivity contribution in [3.05, 3.63) is 129 Å². The maximum Gasteiger partial charge on any atom is 0.262 e. The summed E-state index contributed by atoms with van der Waals surface area (Å²) in [4.78, 5) is 40.1. The van der Waals surface area contributed by atoms with Gasteiger partial charge in [0.15, 0.2) is 5.75 Å². The van der Waals surface area contributed by atoms with E-state index in [9.17, 15) is 19.5 Å². The zero-order valence-electron chi connectivity index (χ0n) is 17.8. The fourth-order valence-corrected chi connectivity index (χ4v) is 3.81. The molecule has 2 amide bonds. The number of anilines is 3. The molecule has 0 aliphatic rings. The summed E-state index contributed by atoms with van der Waals surface area (Å²) >= 11 is 3.20. The van der Waals surface area contributed by atoms with Gasteiger partial charge in [0, 0.05) is 11.1 Å². The first-order chi connectivity index (χ1) is 16.5. The maximum absolute atomic E-state index is 13.7. The quantitative estimate of drug-likeness (QED) is 0.355. The second-order valence-electron chi connectivity index (χ2n) is 7.31. The number of carbonyl (C=O) groups excluding carboxylic acids is 2. The molecule has 168 valence electrons. The van der Waals surface area contributed by atoms with E-state index < -0.39 is 11.2 Å². The van der Waals surface area contributed by atoms with Crippen LogP contribution in [0.1, 0.15) is 20.7 Å². The number of aromatic hydroxyl groups is 1. The van der Waals surface area contributed by atoms with Crippen molar-refractivity contribution in [1.82, 2.24) is 0 Å². The van der Waals surface area contributed by atoms with E-state index in [1.54, 1.807) is 78.9 Å². The minimum Gasteiger partial charge on any atom is -0.503 e. The summed E-state index contributed by atoms with van der Waals surface area (Å²) in [5.41, 5.74) is 1.38. The highest BCUT2D eigenvalue weighted by Crippen LogP contribution is 2.35. The molecule has 0 saturated heterocycles. The third-order valence-electron chi connectivity index (χ3n) is 5.05. The van der Waals surface area contributed by atoms with Crippen molar-refractivity contribution in [3.8, 4) is 5.75 Å². The minimum absolute atomic E-state index is 0.133. The molecular formula is C27H19BrN2O4. The van der Waals surface area contributed by atoms with Gasteiger partial charge >= 0.3 is 0 Å². The monoisotopic (exact) mass is 514 g/mol. The summed E-state index contributed by atoms with van der Waals surface area (Å²) in [6.45, 7) is 0. The third kappa shape index (κ3) is 4.89. The molecule has 0 atom stereocenters. The molecule has 0 bridgehead atoms. The number of hydrogen-bond acceptors (Lipinski definition) is 4. The van der Waals surface area contributed by atoms with Crippen molar-refractivity contribution in [2.24, 2.45) is 0 Å². The van der Waals surface area contributed by atoms with Gasteiger partial charge in [-0.3, -0.25) is 19.3 Å². The predicted octanol–water partition coefficient (Wildman–Crippen LogP) is 5.75. The normalized spacial score (nSPS) is 10.4. The number of halogens is 1. The maximum atomic E-state index is 13.7. The number of nitrogens with one attached hydrogen (secondary N) is 1. The first-order valence-electron chi connectivity index (χ1n) is 10.3. The highest BCUT2D eigenvalue weighted by Gasteiger charge is 2.23. The number of rotatable bonds is 5. The van der Waals surface area contributed by atoms with Crippen molar-refractivity contribution < 1.29 is 14.7 Å². The van der Waals surface area contributed by atoms with Gasteiger partial charge in [-0.2, -0.15) is 0 Å². The molecule has 34 heavy (non-hydrogen) atoms. The number of carbonyl (C=O) groups is 2. The van der Waals surface area contributed by atoms with Crippen LogP contribution in [0.15, 0.2) is 112 Å². The molecule has 4 aromatic carbocycles. The summed E-state index contributed by atoms with van der Waals surface area (Å²) in [6.07, 6.45) is 0. The highest BCUT2D eigenvalue weighted by molar-refractivity contribution is 9.10. The van der Waals surface area contributed by atoms with Gasteiger partial charge in [-0.1, -0.05) is 48.5 Å². The minimum atomic E-state index is -0.601. The average Bonchev–Trinajstić information content (AvgIpc) is 2.99. The summed E-state index contributed by atoms with van der Waals surface area (Å²) in [5, 5.41) is 13.0. The summed E-state index contributed by atoms with van der Waals surface area (Å²) in [5.74, 6) is -1.18. The molecule has 0 unspecified atom stereocenters. The van der Waals surface area contributed by atoms with Crippen LogP contribution < -0.4 is 15.6 Å². The van der Waals surface area contributed by atoms with Crippen molar-refractivity contribution in [1.29, 1.82) is 0 Å². The van der Waals surface area contributed by atoms with E-state index in [4.69, 9.17) is 0 Å². The predicted molar refractivity (Wildman–Crippen MR) is 136 cm³/mol. The van der Waals surface area contributed by atoms with Gasteiger partial charge in [-0.25, -0.2) is 0 Å². The fraction of sp³-hybridized carbons (Fsp3) is 0. The number of nitrogens with zero attached hydrogens (tertiary/aromatic N) is 1. The van der Waals surface area contributed by atoms with Crippen LogP contribution in [0.4, 0.5) is 17.1 Å². The zero-order chi connectivity index (χ0) is 24.1. The summed E-state index contributed by atoms with van der Waals surface area (Å²) in [7, 11) is 0. The van der Waals surface area contributed by atoms with Crippen LogP contribution in [0, 0.1) is 0 Å². The molecule has 0 aromatic heterocycles. The molecule has 0 aliphatic heterocycles. The molecule has 0 radical (unpaired) electrons. The van der Waals surface area contributed by atoms with Crippen molar-refractivity contribution in [2.45, 2.75) is 0 Å². The second kappa shape index (κ2) is 10.1. The second-order valence-corrected chi connectivity index (χ2v) is 8.16. The van der Waals surface area contributed by atoms with E-state index in [2.05, 4.69) is 21.2 Å². The van der Waals surface area contributed by atoms with Crippen LogP contribution in [0.3, 0.4) is 0 Å². The number of amides is 2. The lowest BCUT2D eigenvalue weighted by atomic mass is 10.1. The van der Waals surface area contributed by atoms with Crippen molar-refractivity contribution >= 4 is 44.8 Å². The standard InChI is InChI=1S/C27H19BrN2O4/c28-21-17-20(15-16-24(31)25(21)32)30(27(34)19-11-5-2-6-12-19)23-14-8-7-13-22(23)29-26(33)18-9-3-1-4-10-18/h1-17H,(H,29,33)(H,31,32). The third-order valence-corrected chi connectivity index (χ3v) is 5.66. The smallest absolute Gasteiger partial charge is 0.262 e. The molecule has 2 N–H and O–H groups in total. The van der Waals surface area contributed by atoms with E-state index in [1.807, 2.05) is 6.07 Å². The van der Waals surface area contributed by atoms with Crippen LogP contribution in [0.2, 0.25) is 0 Å². The SMILES string of the molecule is O=C(Nc1ccccc1N(C(=O)c1ccccc1)c1ccc(=O)c(O)c(Br)c1)c1ccccc1. The van der Waals surface area contributed by atoms with Gasteiger partial charge in [0.1, 0.15) is 0 Å². The Balaban J connectivity index is 1.86. The number of hydrogen-bond donors (Lipinski definition) is 2. The Morgan fingerprint density at radius 1 is 0.765 bits per heavy atom. The zero-order valence-corrected chi connectivity index (χ0v) is 19.4. The van der Waals surface area contributed by atoms with Crippen LogP contribution in [-0.4, -0.2) is 16.9 Å². The molecule has 0 heterocycles. The van der Waals surface area contributed by atoms with E-state index in [-0.39, 0.29) is 16.3 Å². The van der Waals surface area contributed by atoms with E-state index in [0.29, 0.717) is 28.2 Å². The Bertz CT molecular complexity index is 1410. The molecule has 4 rings (SSSR count). The lowest BCUT2D eigenvalue weighted by Crippen LogP contribution is -2.27. The molecule has 0 saturated carbocycles. The van der Waals surface area contributed by atoms with Gasteiger partial charge in [0.2, 0.25) is 5.43 Å². The molecule has 0 spiro atoms. The molecule has 4 aromatic rings. The number of para-hydroxylation sites is 2. The Kier molecular flexibility index (Phi) is 6.85. The molecule has 0 aliphatic carbocycles. The van der Waals surface area contributed by atoms with Crippen LogP contribution in [-0.2, 0) is 0 Å². The molecule has 6 nitrogen and oxygen atoms in total. The average molecular weight is 515 g/mol. The van der Waals surface area contributed by atoms with Gasteiger partial charge in [-0.05, 0) is 70.5 Å². The van der Waals surface area contributed by atoms with Gasteiger partial charge in [0.25, 0.3) is 11.8 Å². The Morgan fingerprint density at radius 3 is 2.03 bits per heavy atom. The van der Waals surface area contributed by atoms with Crippen LogP contribution in [0.25, 0.3) is 0 Å². The van der Waals surface area contributed by atoms with Crippen LogP contribution >= 0.6 is 15.9 Å². The lowest BCUT2D eigenvalue weighted by molar-refractivity contribution is 0.0995. The van der Waals surface area contributed by atoms with Gasteiger partial charge < -0.3 is 10.4 Å². The lowest BCUT2D eigenvalue weighted by Gasteiger charge is -2.25. The Labute approximate surface area is 204 Å². The molecular weight excluding hydrogens is 496 g/mol. The van der Waals surface area contributed by atoms with Gasteiger partial charge in [0.05, 0.1) is 21.5 Å². The van der Waals surface area contributed by atoms with Crippen LogP contribution in [0.5, 0.6) is 5.75 Å². The summed E-state index contributed by atoms with van der Waals surface area (Å²) < 4.78 is 0.133.